The second-order valence-electron chi connectivity index (χ2n) is 4.05. The molecule has 0 aliphatic rings. The quantitative estimate of drug-likeness (QED) is 0.495. The van der Waals surface area contributed by atoms with Crippen LogP contribution in [0.15, 0.2) is 18.2 Å². The van der Waals surface area contributed by atoms with E-state index in [0.29, 0.717) is 35.6 Å². The summed E-state index contributed by atoms with van der Waals surface area (Å²) in [4.78, 5) is 33.9. The lowest BCUT2D eigenvalue weighted by atomic mass is 10.2. The van der Waals surface area contributed by atoms with Crippen molar-refractivity contribution in [2.24, 2.45) is 5.73 Å². The molecule has 0 aromatic carbocycles. The number of carboxylic acids is 1. The molecular formula is C13H16N2O4S. The standard InChI is InChI=1S/C13H16N2O4S/c14-11(16)3-1-2-8-15-13(19)10-6-4-9(20-10)5-7-12(17)18/h4-7H,1-3,8H2,(H2,14,16)(H,15,19)(H,17,18)/b7-5+. The van der Waals surface area contributed by atoms with Crippen molar-refractivity contribution in [3.8, 4) is 0 Å². The van der Waals surface area contributed by atoms with E-state index in [1.807, 2.05) is 0 Å². The number of carboxylic acid groups (broad SMARTS) is 1. The lowest BCUT2D eigenvalue weighted by Gasteiger charge is -2.02. The normalized spacial score (nSPS) is 10.6. The van der Waals surface area contributed by atoms with Crippen LogP contribution in [-0.2, 0) is 9.59 Å². The van der Waals surface area contributed by atoms with Crippen molar-refractivity contribution < 1.29 is 19.5 Å². The Morgan fingerprint density at radius 3 is 2.70 bits per heavy atom. The summed E-state index contributed by atoms with van der Waals surface area (Å²) in [5.74, 6) is -1.58. The number of hydrogen-bond donors (Lipinski definition) is 3. The second-order valence-corrected chi connectivity index (χ2v) is 5.17. The maximum atomic E-state index is 11.8. The van der Waals surface area contributed by atoms with Gasteiger partial charge in [0.1, 0.15) is 0 Å². The number of nitrogens with two attached hydrogens (primary N) is 1. The zero-order chi connectivity index (χ0) is 15.0. The third-order valence-corrected chi connectivity index (χ3v) is 3.43. The third-order valence-electron chi connectivity index (χ3n) is 2.38. The van der Waals surface area contributed by atoms with Gasteiger partial charge in [-0.3, -0.25) is 9.59 Å². The van der Waals surface area contributed by atoms with Crippen molar-refractivity contribution in [1.82, 2.24) is 5.32 Å². The van der Waals surface area contributed by atoms with Gasteiger partial charge in [0.15, 0.2) is 0 Å². The molecular weight excluding hydrogens is 280 g/mol. The smallest absolute Gasteiger partial charge is 0.328 e. The molecule has 1 aromatic heterocycles. The predicted octanol–water partition coefficient (Wildman–Crippen LogP) is 1.23. The number of thiophene rings is 1. The van der Waals surface area contributed by atoms with Crippen molar-refractivity contribution in [2.75, 3.05) is 6.54 Å². The Labute approximate surface area is 120 Å². The van der Waals surface area contributed by atoms with Crippen LogP contribution in [0.4, 0.5) is 0 Å². The summed E-state index contributed by atoms with van der Waals surface area (Å²) < 4.78 is 0. The Balaban J connectivity index is 2.36. The molecule has 0 fully saturated rings. The molecule has 0 saturated carbocycles. The summed E-state index contributed by atoms with van der Waals surface area (Å²) in [5, 5.41) is 11.2. The van der Waals surface area contributed by atoms with Crippen molar-refractivity contribution >= 4 is 35.2 Å². The van der Waals surface area contributed by atoms with Crippen LogP contribution in [0.1, 0.15) is 33.8 Å². The molecule has 7 heteroatoms. The molecule has 6 nitrogen and oxygen atoms in total. The Kier molecular flexibility index (Phi) is 6.45. The Hall–Kier alpha value is -2.15. The molecule has 1 aromatic rings. The first-order chi connectivity index (χ1) is 9.49. The first kappa shape index (κ1) is 15.9. The number of primary amides is 1. The lowest BCUT2D eigenvalue weighted by molar-refractivity contribution is -0.131. The van der Waals surface area contributed by atoms with Crippen LogP contribution in [0.2, 0.25) is 0 Å². The topological polar surface area (TPSA) is 109 Å². The molecule has 0 bridgehead atoms. The van der Waals surface area contributed by atoms with Crippen LogP contribution in [0.5, 0.6) is 0 Å². The number of unbranched alkanes of at least 4 members (excludes halogenated alkanes) is 1. The number of aliphatic carboxylic acids is 1. The summed E-state index contributed by atoms with van der Waals surface area (Å²) in [6, 6.07) is 3.33. The molecule has 1 heterocycles. The van der Waals surface area contributed by atoms with E-state index in [1.165, 1.54) is 17.4 Å². The van der Waals surface area contributed by atoms with Crippen LogP contribution in [-0.4, -0.2) is 29.4 Å². The molecule has 1 rings (SSSR count). The Bertz CT molecular complexity index is 522. The van der Waals surface area contributed by atoms with Gasteiger partial charge in [-0.1, -0.05) is 0 Å². The van der Waals surface area contributed by atoms with Gasteiger partial charge in [-0.2, -0.15) is 0 Å². The van der Waals surface area contributed by atoms with E-state index < -0.39 is 5.97 Å². The molecule has 0 aliphatic heterocycles. The number of rotatable bonds is 8. The molecule has 0 unspecified atom stereocenters. The molecule has 0 spiro atoms. The van der Waals surface area contributed by atoms with E-state index in [4.69, 9.17) is 10.8 Å². The summed E-state index contributed by atoms with van der Waals surface area (Å²) >= 11 is 1.22. The van der Waals surface area contributed by atoms with Crippen molar-refractivity contribution in [2.45, 2.75) is 19.3 Å². The van der Waals surface area contributed by atoms with Crippen molar-refractivity contribution in [3.63, 3.8) is 0 Å². The highest BCUT2D eigenvalue weighted by Crippen LogP contribution is 2.17. The molecule has 0 saturated heterocycles. The third kappa shape index (κ3) is 6.14. The maximum absolute atomic E-state index is 11.8. The zero-order valence-corrected chi connectivity index (χ0v) is 11.6. The first-order valence-corrected chi connectivity index (χ1v) is 6.88. The van der Waals surface area contributed by atoms with Gasteiger partial charge in [-0.15, -0.1) is 11.3 Å². The van der Waals surface area contributed by atoms with Crippen molar-refractivity contribution in [1.29, 1.82) is 0 Å². The van der Waals surface area contributed by atoms with E-state index in [0.717, 1.165) is 6.08 Å². The molecule has 0 radical (unpaired) electrons. The molecule has 108 valence electrons. The number of hydrogen-bond acceptors (Lipinski definition) is 4. The molecule has 20 heavy (non-hydrogen) atoms. The van der Waals surface area contributed by atoms with Crippen molar-refractivity contribution in [3.05, 3.63) is 28.0 Å². The highest BCUT2D eigenvalue weighted by atomic mass is 32.1. The zero-order valence-electron chi connectivity index (χ0n) is 10.8. The first-order valence-electron chi connectivity index (χ1n) is 6.06. The van der Waals surface area contributed by atoms with Gasteiger partial charge in [0, 0.05) is 23.9 Å². The molecule has 2 amide bonds. The van der Waals surface area contributed by atoms with E-state index in [-0.39, 0.29) is 11.8 Å². The fourth-order valence-electron chi connectivity index (χ4n) is 1.43. The number of nitrogens with one attached hydrogen (secondary N) is 1. The minimum atomic E-state index is -1.03. The number of amides is 2. The fraction of sp³-hybridized carbons (Fsp3) is 0.308. The Morgan fingerprint density at radius 1 is 1.30 bits per heavy atom. The van der Waals surface area contributed by atoms with Crippen LogP contribution >= 0.6 is 11.3 Å². The Morgan fingerprint density at radius 2 is 2.05 bits per heavy atom. The minimum Gasteiger partial charge on any atom is -0.478 e. The van der Waals surface area contributed by atoms with E-state index in [9.17, 15) is 14.4 Å². The largest absolute Gasteiger partial charge is 0.478 e. The van der Waals surface area contributed by atoms with Crippen LogP contribution in [0.25, 0.3) is 6.08 Å². The average molecular weight is 296 g/mol. The highest BCUT2D eigenvalue weighted by Gasteiger charge is 2.07. The lowest BCUT2D eigenvalue weighted by Crippen LogP contribution is -2.23. The van der Waals surface area contributed by atoms with Gasteiger partial charge in [-0.25, -0.2) is 4.79 Å². The molecule has 0 atom stereocenters. The highest BCUT2D eigenvalue weighted by molar-refractivity contribution is 7.14. The predicted molar refractivity (Wildman–Crippen MR) is 76.4 cm³/mol. The van der Waals surface area contributed by atoms with E-state index in [2.05, 4.69) is 5.32 Å². The SMILES string of the molecule is NC(=O)CCCCNC(=O)c1ccc(/C=C/C(=O)O)s1. The number of carbonyl (C=O) groups is 3. The van der Waals surface area contributed by atoms with Gasteiger partial charge in [0.05, 0.1) is 4.88 Å². The second kappa shape index (κ2) is 8.11. The van der Waals surface area contributed by atoms with Crippen LogP contribution < -0.4 is 11.1 Å². The monoisotopic (exact) mass is 296 g/mol. The average Bonchev–Trinajstić information content (AvgIpc) is 2.84. The van der Waals surface area contributed by atoms with Crippen LogP contribution in [0.3, 0.4) is 0 Å². The number of carbonyl (C=O) groups excluding carboxylic acids is 2. The molecule has 4 N–H and O–H groups in total. The van der Waals surface area contributed by atoms with E-state index >= 15 is 0 Å². The summed E-state index contributed by atoms with van der Waals surface area (Å²) in [6.45, 7) is 0.476. The van der Waals surface area contributed by atoms with Gasteiger partial charge in [0.25, 0.3) is 5.91 Å². The summed E-state index contributed by atoms with van der Waals surface area (Å²) in [6.07, 6.45) is 4.12. The van der Waals surface area contributed by atoms with E-state index in [1.54, 1.807) is 12.1 Å². The van der Waals surface area contributed by atoms with Gasteiger partial charge in [-0.05, 0) is 31.1 Å². The minimum absolute atomic E-state index is 0.205. The summed E-state index contributed by atoms with van der Waals surface area (Å²) in [7, 11) is 0. The van der Waals surface area contributed by atoms with Crippen LogP contribution in [0, 0.1) is 0 Å². The molecule has 0 aliphatic carbocycles. The summed E-state index contributed by atoms with van der Waals surface area (Å²) in [5.41, 5.74) is 5.01. The maximum Gasteiger partial charge on any atom is 0.328 e. The van der Waals surface area contributed by atoms with Gasteiger partial charge < -0.3 is 16.2 Å². The van der Waals surface area contributed by atoms with Gasteiger partial charge in [0.2, 0.25) is 5.91 Å². The van der Waals surface area contributed by atoms with Gasteiger partial charge >= 0.3 is 5.97 Å². The fourth-order valence-corrected chi connectivity index (χ4v) is 2.26.